The lowest BCUT2D eigenvalue weighted by Gasteiger charge is -2.23. The Morgan fingerprint density at radius 1 is 1.22 bits per heavy atom. The van der Waals surface area contributed by atoms with Crippen LogP contribution in [-0.2, 0) is 14.6 Å². The van der Waals surface area contributed by atoms with Crippen molar-refractivity contribution in [2.24, 2.45) is 0 Å². The lowest BCUT2D eigenvalue weighted by molar-refractivity contribution is -0.109. The fourth-order valence-corrected chi connectivity index (χ4v) is 4.55. The van der Waals surface area contributed by atoms with E-state index >= 15 is 0 Å². The molecule has 98 valence electrons. The number of para-hydroxylation sites is 1. The minimum atomic E-state index is -3.69. The van der Waals surface area contributed by atoms with Gasteiger partial charge in [-0.25, -0.2) is 8.42 Å². The molecular formula is C13H16O4S. The van der Waals surface area contributed by atoms with Crippen molar-refractivity contribution in [1.29, 1.82) is 0 Å². The van der Waals surface area contributed by atoms with E-state index in [0.29, 0.717) is 24.9 Å². The van der Waals surface area contributed by atoms with Gasteiger partial charge in [0.2, 0.25) is 0 Å². The number of hydrogen-bond donors (Lipinski definition) is 0. The molecule has 0 bridgehead atoms. The molecule has 0 aromatic heterocycles. The van der Waals surface area contributed by atoms with Crippen molar-refractivity contribution in [3.63, 3.8) is 0 Å². The summed E-state index contributed by atoms with van der Waals surface area (Å²) in [6.45, 7) is 0. The number of hydrogen-bond acceptors (Lipinski definition) is 4. The van der Waals surface area contributed by atoms with Gasteiger partial charge in [0, 0.05) is 0 Å². The molecule has 1 saturated carbocycles. The minimum Gasteiger partial charge on any atom is -0.495 e. The molecule has 0 aliphatic heterocycles. The van der Waals surface area contributed by atoms with Crippen molar-refractivity contribution in [3.8, 4) is 5.75 Å². The van der Waals surface area contributed by atoms with Crippen LogP contribution in [0, 0.1) is 0 Å². The molecule has 1 aromatic carbocycles. The highest BCUT2D eigenvalue weighted by molar-refractivity contribution is 7.93. The number of rotatable bonds is 4. The monoisotopic (exact) mass is 268 g/mol. The lowest BCUT2D eigenvalue weighted by atomic mass is 10.1. The quantitative estimate of drug-likeness (QED) is 0.783. The molecule has 1 aliphatic carbocycles. The topological polar surface area (TPSA) is 60.4 Å². The van der Waals surface area contributed by atoms with Crippen LogP contribution in [0.5, 0.6) is 5.75 Å². The van der Waals surface area contributed by atoms with Crippen LogP contribution in [0.4, 0.5) is 0 Å². The van der Waals surface area contributed by atoms with Gasteiger partial charge in [0.15, 0.2) is 9.84 Å². The normalized spacial score (nSPS) is 18.5. The predicted molar refractivity (Wildman–Crippen MR) is 67.4 cm³/mol. The summed E-state index contributed by atoms with van der Waals surface area (Å²) in [5.74, 6) is 0.297. The molecule has 2 rings (SSSR count). The van der Waals surface area contributed by atoms with E-state index in [-0.39, 0.29) is 4.90 Å². The van der Waals surface area contributed by atoms with Crippen molar-refractivity contribution < 1.29 is 17.9 Å². The largest absolute Gasteiger partial charge is 0.495 e. The van der Waals surface area contributed by atoms with Crippen LogP contribution < -0.4 is 4.74 Å². The van der Waals surface area contributed by atoms with Gasteiger partial charge in [0.25, 0.3) is 0 Å². The third kappa shape index (κ3) is 1.82. The van der Waals surface area contributed by atoms with Crippen LogP contribution >= 0.6 is 0 Å². The van der Waals surface area contributed by atoms with Gasteiger partial charge in [0.05, 0.1) is 7.11 Å². The van der Waals surface area contributed by atoms with Crippen molar-refractivity contribution in [2.75, 3.05) is 7.11 Å². The zero-order chi connectivity index (χ0) is 13.2. The third-order valence-corrected chi connectivity index (χ3v) is 6.05. The second-order valence-corrected chi connectivity index (χ2v) is 6.80. The molecule has 1 aromatic rings. The molecule has 1 aliphatic rings. The summed E-state index contributed by atoms with van der Waals surface area (Å²) >= 11 is 0. The average molecular weight is 268 g/mol. The Hall–Kier alpha value is -1.36. The maximum Gasteiger partial charge on any atom is 0.194 e. The van der Waals surface area contributed by atoms with Gasteiger partial charge in [-0.15, -0.1) is 0 Å². The fourth-order valence-electron chi connectivity index (χ4n) is 2.48. The van der Waals surface area contributed by atoms with E-state index in [2.05, 4.69) is 0 Å². The molecule has 0 spiro atoms. The molecule has 0 atom stereocenters. The highest BCUT2D eigenvalue weighted by Gasteiger charge is 2.47. The van der Waals surface area contributed by atoms with Gasteiger partial charge in [-0.05, 0) is 25.0 Å². The van der Waals surface area contributed by atoms with Gasteiger partial charge in [-0.3, -0.25) is 0 Å². The number of sulfone groups is 1. The number of aldehydes is 1. The molecule has 0 amide bonds. The Kier molecular flexibility index (Phi) is 3.43. The van der Waals surface area contributed by atoms with E-state index in [9.17, 15) is 13.2 Å². The first-order chi connectivity index (χ1) is 8.57. The number of carbonyl (C=O) groups excluding carboxylic acids is 1. The summed E-state index contributed by atoms with van der Waals surface area (Å²) in [5.41, 5.74) is 0. The Bertz CT molecular complexity index is 542. The summed E-state index contributed by atoms with van der Waals surface area (Å²) in [7, 11) is -2.26. The molecule has 5 heteroatoms. The van der Waals surface area contributed by atoms with Crippen molar-refractivity contribution in [2.45, 2.75) is 35.3 Å². The third-order valence-electron chi connectivity index (χ3n) is 3.56. The minimum absolute atomic E-state index is 0.113. The van der Waals surface area contributed by atoms with Gasteiger partial charge in [-0.1, -0.05) is 25.0 Å². The molecular weight excluding hydrogens is 252 g/mol. The Balaban J connectivity index is 2.57. The van der Waals surface area contributed by atoms with E-state index < -0.39 is 14.6 Å². The highest BCUT2D eigenvalue weighted by Crippen LogP contribution is 2.41. The maximum atomic E-state index is 12.7. The first kappa shape index (κ1) is 13.1. The van der Waals surface area contributed by atoms with Crippen LogP contribution in [0.2, 0.25) is 0 Å². The van der Waals surface area contributed by atoms with E-state index in [4.69, 9.17) is 4.74 Å². The molecule has 0 N–H and O–H groups in total. The summed E-state index contributed by atoms with van der Waals surface area (Å²) in [6, 6.07) is 6.45. The summed E-state index contributed by atoms with van der Waals surface area (Å²) < 4.78 is 29.1. The molecule has 0 saturated heterocycles. The van der Waals surface area contributed by atoms with Gasteiger partial charge in [-0.2, -0.15) is 0 Å². The van der Waals surface area contributed by atoms with Gasteiger partial charge >= 0.3 is 0 Å². The molecule has 4 nitrogen and oxygen atoms in total. The zero-order valence-corrected chi connectivity index (χ0v) is 11.1. The first-order valence-electron chi connectivity index (χ1n) is 5.91. The first-order valence-corrected chi connectivity index (χ1v) is 7.40. The molecule has 0 radical (unpaired) electrons. The SMILES string of the molecule is COc1ccccc1S(=O)(=O)C1(C=O)CCCC1. The number of carbonyl (C=O) groups is 1. The van der Waals surface area contributed by atoms with E-state index in [1.165, 1.54) is 13.2 Å². The van der Waals surface area contributed by atoms with Gasteiger partial charge < -0.3 is 9.53 Å². The molecule has 0 heterocycles. The molecule has 0 unspecified atom stereocenters. The Morgan fingerprint density at radius 2 is 1.83 bits per heavy atom. The van der Waals surface area contributed by atoms with Gasteiger partial charge in [0.1, 0.15) is 21.7 Å². The number of methoxy groups -OCH3 is 1. The zero-order valence-electron chi connectivity index (χ0n) is 10.3. The van der Waals surface area contributed by atoms with Crippen molar-refractivity contribution in [3.05, 3.63) is 24.3 Å². The van der Waals surface area contributed by atoms with Crippen molar-refractivity contribution >= 4 is 16.1 Å². The van der Waals surface area contributed by atoms with E-state index in [1.54, 1.807) is 18.2 Å². The second kappa shape index (κ2) is 4.72. The fraction of sp³-hybridized carbons (Fsp3) is 0.462. The van der Waals surface area contributed by atoms with Crippen LogP contribution in [0.15, 0.2) is 29.2 Å². The predicted octanol–water partition coefficient (Wildman–Crippen LogP) is 1.98. The standard InChI is InChI=1S/C13H16O4S/c1-17-11-6-2-3-7-12(11)18(15,16)13(10-14)8-4-5-9-13/h2-3,6-7,10H,4-5,8-9H2,1H3. The van der Waals surface area contributed by atoms with Crippen molar-refractivity contribution in [1.82, 2.24) is 0 Å². The lowest BCUT2D eigenvalue weighted by Crippen LogP contribution is -2.37. The van der Waals surface area contributed by atoms with Crippen LogP contribution in [-0.4, -0.2) is 26.6 Å². The summed E-state index contributed by atoms with van der Waals surface area (Å²) in [5, 5.41) is 0. The summed E-state index contributed by atoms with van der Waals surface area (Å²) in [6.07, 6.45) is 2.94. The highest BCUT2D eigenvalue weighted by atomic mass is 32.2. The Morgan fingerprint density at radius 3 is 2.39 bits per heavy atom. The summed E-state index contributed by atoms with van der Waals surface area (Å²) in [4.78, 5) is 11.4. The molecule has 1 fully saturated rings. The second-order valence-electron chi connectivity index (χ2n) is 4.54. The maximum absolute atomic E-state index is 12.7. The van der Waals surface area contributed by atoms with E-state index in [1.807, 2.05) is 0 Å². The Labute approximate surface area is 107 Å². The van der Waals surface area contributed by atoms with Crippen LogP contribution in [0.1, 0.15) is 25.7 Å². The van der Waals surface area contributed by atoms with E-state index in [0.717, 1.165) is 12.8 Å². The van der Waals surface area contributed by atoms with Crippen LogP contribution in [0.25, 0.3) is 0 Å². The molecule has 18 heavy (non-hydrogen) atoms. The number of benzene rings is 1. The number of ether oxygens (including phenoxy) is 1. The smallest absolute Gasteiger partial charge is 0.194 e. The van der Waals surface area contributed by atoms with Crippen LogP contribution in [0.3, 0.4) is 0 Å². The average Bonchev–Trinajstić information content (AvgIpc) is 2.89.